The van der Waals surface area contributed by atoms with E-state index in [1.165, 1.54) is 0 Å². The molecule has 14 heavy (non-hydrogen) atoms. The van der Waals surface area contributed by atoms with E-state index in [0.717, 1.165) is 13.1 Å². The van der Waals surface area contributed by atoms with Crippen molar-refractivity contribution in [2.75, 3.05) is 13.1 Å². The summed E-state index contributed by atoms with van der Waals surface area (Å²) < 4.78 is 0. The van der Waals surface area contributed by atoms with Crippen LogP contribution in [0.4, 0.5) is 0 Å². The highest BCUT2D eigenvalue weighted by atomic mass is 16.4. The van der Waals surface area contributed by atoms with Gasteiger partial charge in [0.15, 0.2) is 0 Å². The van der Waals surface area contributed by atoms with E-state index in [0.29, 0.717) is 5.92 Å². The fraction of sp³-hybridized carbons (Fsp3) is 0.778. The van der Waals surface area contributed by atoms with E-state index in [1.807, 2.05) is 11.8 Å². The zero-order valence-corrected chi connectivity index (χ0v) is 8.14. The molecular weight excluding hydrogens is 186 g/mol. The summed E-state index contributed by atoms with van der Waals surface area (Å²) in [7, 11) is 0. The van der Waals surface area contributed by atoms with Crippen LogP contribution in [0.2, 0.25) is 0 Å². The molecule has 0 bridgehead atoms. The van der Waals surface area contributed by atoms with Crippen LogP contribution in [0.5, 0.6) is 0 Å². The van der Waals surface area contributed by atoms with Crippen molar-refractivity contribution in [1.29, 1.82) is 0 Å². The molecule has 0 aromatic heterocycles. The maximum absolute atomic E-state index is 10.8. The third-order valence-electron chi connectivity index (χ3n) is 2.45. The highest BCUT2D eigenvalue weighted by Gasteiger charge is 2.33. The van der Waals surface area contributed by atoms with Crippen LogP contribution < -0.4 is 0 Å². The van der Waals surface area contributed by atoms with Crippen LogP contribution in [0.25, 0.3) is 0 Å². The fourth-order valence-corrected chi connectivity index (χ4v) is 1.72. The summed E-state index contributed by atoms with van der Waals surface area (Å²) in [4.78, 5) is 22.9. The largest absolute Gasteiger partial charge is 0.481 e. The molecule has 2 N–H and O–H groups in total. The average molecular weight is 201 g/mol. The third-order valence-corrected chi connectivity index (χ3v) is 2.45. The van der Waals surface area contributed by atoms with E-state index in [9.17, 15) is 9.59 Å². The molecule has 80 valence electrons. The monoisotopic (exact) mass is 201 g/mol. The lowest BCUT2D eigenvalue weighted by molar-refractivity contribution is -0.147. The van der Waals surface area contributed by atoms with E-state index >= 15 is 0 Å². The van der Waals surface area contributed by atoms with Gasteiger partial charge in [-0.1, -0.05) is 6.92 Å². The van der Waals surface area contributed by atoms with Gasteiger partial charge in [0.2, 0.25) is 0 Å². The van der Waals surface area contributed by atoms with E-state index < -0.39 is 18.0 Å². The Kier molecular flexibility index (Phi) is 3.46. The molecule has 0 saturated carbocycles. The van der Waals surface area contributed by atoms with Crippen molar-refractivity contribution in [3.8, 4) is 0 Å². The highest BCUT2D eigenvalue weighted by molar-refractivity contribution is 5.75. The lowest BCUT2D eigenvalue weighted by Crippen LogP contribution is -2.54. The number of likely N-dealkylation sites (tertiary alicyclic amines) is 1. The summed E-state index contributed by atoms with van der Waals surface area (Å²) in [5, 5.41) is 17.3. The molecule has 1 aliphatic rings. The van der Waals surface area contributed by atoms with Crippen molar-refractivity contribution in [3.63, 3.8) is 0 Å². The van der Waals surface area contributed by atoms with Crippen molar-refractivity contribution >= 4 is 11.9 Å². The molecular formula is C9H15NO4. The van der Waals surface area contributed by atoms with Crippen LogP contribution in [0.1, 0.15) is 19.8 Å². The summed E-state index contributed by atoms with van der Waals surface area (Å²) in [6.45, 7) is 3.57. The van der Waals surface area contributed by atoms with Gasteiger partial charge in [0.05, 0.1) is 0 Å². The first kappa shape index (κ1) is 11.0. The molecule has 1 aliphatic heterocycles. The van der Waals surface area contributed by atoms with Gasteiger partial charge in [-0.2, -0.15) is 0 Å². The predicted octanol–water partition coefficient (Wildman–Crippen LogP) is 0.256. The third kappa shape index (κ3) is 2.70. The lowest BCUT2D eigenvalue weighted by Gasteiger charge is -2.41. The molecule has 0 aliphatic carbocycles. The predicted molar refractivity (Wildman–Crippen MR) is 49.0 cm³/mol. The van der Waals surface area contributed by atoms with E-state index in [-0.39, 0.29) is 12.8 Å². The number of carboxylic acid groups (broad SMARTS) is 2. The average Bonchev–Trinajstić information content (AvgIpc) is 2.00. The Bertz CT molecular complexity index is 235. The second-order valence-corrected chi connectivity index (χ2v) is 3.85. The molecule has 0 aromatic carbocycles. The van der Waals surface area contributed by atoms with Gasteiger partial charge in [-0.25, -0.2) is 0 Å². The number of rotatable bonds is 5. The van der Waals surface area contributed by atoms with Gasteiger partial charge in [-0.3, -0.25) is 14.5 Å². The second kappa shape index (κ2) is 4.41. The first-order valence-electron chi connectivity index (χ1n) is 4.69. The van der Waals surface area contributed by atoms with Crippen LogP contribution in [0.3, 0.4) is 0 Å². The molecule has 5 nitrogen and oxygen atoms in total. The Hall–Kier alpha value is -1.10. The summed E-state index contributed by atoms with van der Waals surface area (Å²) in [6, 6.07) is -0.623. The quantitative estimate of drug-likeness (QED) is 0.667. The molecule has 0 aromatic rings. The van der Waals surface area contributed by atoms with Crippen molar-refractivity contribution < 1.29 is 19.8 Å². The first-order valence-corrected chi connectivity index (χ1v) is 4.69. The van der Waals surface area contributed by atoms with Crippen molar-refractivity contribution in [3.05, 3.63) is 0 Å². The minimum atomic E-state index is -0.940. The van der Waals surface area contributed by atoms with Gasteiger partial charge in [-0.15, -0.1) is 0 Å². The molecule has 1 unspecified atom stereocenters. The molecule has 5 heteroatoms. The maximum Gasteiger partial charge on any atom is 0.320 e. The Morgan fingerprint density at radius 2 is 2.00 bits per heavy atom. The minimum Gasteiger partial charge on any atom is -0.481 e. The number of aliphatic carboxylic acids is 2. The van der Waals surface area contributed by atoms with Gasteiger partial charge in [0, 0.05) is 19.5 Å². The van der Waals surface area contributed by atoms with E-state index in [4.69, 9.17) is 10.2 Å². The number of carbonyl (C=O) groups is 2. The minimum absolute atomic E-state index is 0.0815. The standard InChI is InChI=1S/C9H15NO4/c1-6-4-10(5-6)7(9(13)14)2-3-8(11)12/h6-7H,2-5H2,1H3,(H,11,12)(H,13,14). The normalized spacial score (nSPS) is 20.1. The summed E-state index contributed by atoms with van der Waals surface area (Å²) >= 11 is 0. The Labute approximate surface area is 82.3 Å². The molecule has 0 radical (unpaired) electrons. The van der Waals surface area contributed by atoms with Crippen LogP contribution >= 0.6 is 0 Å². The fourth-order valence-electron chi connectivity index (χ4n) is 1.72. The second-order valence-electron chi connectivity index (χ2n) is 3.85. The number of hydrogen-bond acceptors (Lipinski definition) is 3. The molecule has 1 atom stereocenters. The van der Waals surface area contributed by atoms with Gasteiger partial charge < -0.3 is 10.2 Å². The summed E-state index contributed by atoms with van der Waals surface area (Å²) in [5.74, 6) is -1.33. The maximum atomic E-state index is 10.8. The van der Waals surface area contributed by atoms with Gasteiger partial charge in [-0.05, 0) is 12.3 Å². The van der Waals surface area contributed by atoms with Crippen LogP contribution in [-0.4, -0.2) is 46.2 Å². The zero-order chi connectivity index (χ0) is 10.7. The summed E-state index contributed by atoms with van der Waals surface area (Å²) in [6.07, 6.45) is 0.110. The van der Waals surface area contributed by atoms with Gasteiger partial charge in [0.25, 0.3) is 0 Å². The van der Waals surface area contributed by atoms with Gasteiger partial charge >= 0.3 is 11.9 Å². The Morgan fingerprint density at radius 3 is 2.36 bits per heavy atom. The van der Waals surface area contributed by atoms with Crippen LogP contribution in [0.15, 0.2) is 0 Å². The molecule has 1 rings (SSSR count). The lowest BCUT2D eigenvalue weighted by atomic mass is 9.97. The van der Waals surface area contributed by atoms with Crippen LogP contribution in [0, 0.1) is 5.92 Å². The molecule has 0 amide bonds. The smallest absolute Gasteiger partial charge is 0.320 e. The van der Waals surface area contributed by atoms with Gasteiger partial charge in [0.1, 0.15) is 6.04 Å². The Morgan fingerprint density at radius 1 is 1.43 bits per heavy atom. The van der Waals surface area contributed by atoms with Crippen LogP contribution in [-0.2, 0) is 9.59 Å². The number of hydrogen-bond donors (Lipinski definition) is 2. The molecule has 1 heterocycles. The van der Waals surface area contributed by atoms with Crippen molar-refractivity contribution in [1.82, 2.24) is 4.90 Å². The summed E-state index contributed by atoms with van der Waals surface area (Å²) in [5.41, 5.74) is 0. The van der Waals surface area contributed by atoms with E-state index in [1.54, 1.807) is 0 Å². The molecule has 1 saturated heterocycles. The van der Waals surface area contributed by atoms with Crippen molar-refractivity contribution in [2.45, 2.75) is 25.8 Å². The topological polar surface area (TPSA) is 77.8 Å². The number of nitrogens with zero attached hydrogens (tertiary/aromatic N) is 1. The highest BCUT2D eigenvalue weighted by Crippen LogP contribution is 2.20. The Balaban J connectivity index is 2.40. The molecule has 0 spiro atoms. The SMILES string of the molecule is CC1CN(C(CCC(=O)O)C(=O)O)C1. The first-order chi connectivity index (χ1) is 6.50. The number of carboxylic acids is 2. The van der Waals surface area contributed by atoms with Crippen molar-refractivity contribution in [2.24, 2.45) is 5.92 Å². The zero-order valence-electron chi connectivity index (χ0n) is 8.14. The molecule has 1 fully saturated rings. The van der Waals surface area contributed by atoms with E-state index in [2.05, 4.69) is 0 Å².